The third kappa shape index (κ3) is 1.73. The number of rotatable bonds is 3. The molecule has 0 radical (unpaired) electrons. The van der Waals surface area contributed by atoms with Crippen molar-refractivity contribution in [1.82, 2.24) is 14.9 Å². The summed E-state index contributed by atoms with van der Waals surface area (Å²) >= 11 is 0. The van der Waals surface area contributed by atoms with Crippen molar-refractivity contribution in [2.75, 3.05) is 13.8 Å². The summed E-state index contributed by atoms with van der Waals surface area (Å²) in [6.45, 7) is 1.10. The summed E-state index contributed by atoms with van der Waals surface area (Å²) in [6, 6.07) is 5.89. The zero-order valence-electron chi connectivity index (χ0n) is 10.4. The minimum atomic E-state index is 0.296. The molecular weight excluding hydrogens is 230 g/mol. The lowest BCUT2D eigenvalue weighted by Gasteiger charge is -2.06. The summed E-state index contributed by atoms with van der Waals surface area (Å²) in [5.74, 6) is 2.51. The third-order valence-corrected chi connectivity index (χ3v) is 3.07. The molecule has 3 rings (SSSR count). The number of fused-ring (bicyclic) bond motifs is 1. The molecule has 5 heteroatoms. The molecule has 0 amide bonds. The normalized spacial score (nSPS) is 13.0. The molecule has 0 bridgehead atoms. The van der Waals surface area contributed by atoms with Gasteiger partial charge in [-0.15, -0.1) is 0 Å². The second kappa shape index (κ2) is 4.34. The molecule has 18 heavy (non-hydrogen) atoms. The highest BCUT2D eigenvalue weighted by atomic mass is 16.7. The second-order valence-corrected chi connectivity index (χ2v) is 4.23. The minimum absolute atomic E-state index is 0.296. The van der Waals surface area contributed by atoms with Crippen LogP contribution in [-0.2, 0) is 13.6 Å². The van der Waals surface area contributed by atoms with E-state index in [1.165, 1.54) is 0 Å². The topological polar surface area (TPSA) is 48.3 Å². The summed E-state index contributed by atoms with van der Waals surface area (Å²) in [6.07, 6.45) is 1.89. The van der Waals surface area contributed by atoms with E-state index in [9.17, 15) is 0 Å². The summed E-state index contributed by atoms with van der Waals surface area (Å²) in [5.41, 5.74) is 2.18. The summed E-state index contributed by atoms with van der Waals surface area (Å²) in [5, 5.41) is 3.13. The Balaban J connectivity index is 1.99. The van der Waals surface area contributed by atoms with Crippen LogP contribution in [-0.4, -0.2) is 23.4 Å². The van der Waals surface area contributed by atoms with Crippen LogP contribution in [0.2, 0.25) is 0 Å². The predicted molar refractivity (Wildman–Crippen MR) is 67.5 cm³/mol. The lowest BCUT2D eigenvalue weighted by Crippen LogP contribution is -2.09. The highest BCUT2D eigenvalue weighted by Gasteiger charge is 2.16. The van der Waals surface area contributed by atoms with Crippen LogP contribution in [0.3, 0.4) is 0 Å². The molecule has 0 atom stereocenters. The van der Waals surface area contributed by atoms with Gasteiger partial charge in [0.05, 0.1) is 11.9 Å². The van der Waals surface area contributed by atoms with Gasteiger partial charge in [0.2, 0.25) is 6.79 Å². The van der Waals surface area contributed by atoms with Gasteiger partial charge >= 0.3 is 0 Å². The number of imidazole rings is 1. The smallest absolute Gasteiger partial charge is 0.231 e. The van der Waals surface area contributed by atoms with Crippen LogP contribution in [0.5, 0.6) is 11.5 Å². The molecule has 5 nitrogen and oxygen atoms in total. The molecule has 0 aliphatic carbocycles. The number of ether oxygens (including phenoxy) is 2. The molecule has 1 aliphatic heterocycles. The van der Waals surface area contributed by atoms with Crippen LogP contribution in [0.4, 0.5) is 0 Å². The maximum absolute atomic E-state index is 5.38. The number of nitrogens with zero attached hydrogens (tertiary/aromatic N) is 2. The number of hydrogen-bond donors (Lipinski definition) is 1. The Morgan fingerprint density at radius 1 is 1.33 bits per heavy atom. The highest BCUT2D eigenvalue weighted by molar-refractivity contribution is 5.62. The summed E-state index contributed by atoms with van der Waals surface area (Å²) in [4.78, 5) is 4.46. The van der Waals surface area contributed by atoms with Crippen molar-refractivity contribution in [3.05, 3.63) is 30.1 Å². The first kappa shape index (κ1) is 11.1. The lowest BCUT2D eigenvalue weighted by molar-refractivity contribution is 0.174. The molecule has 1 aromatic heterocycles. The number of aromatic nitrogens is 2. The van der Waals surface area contributed by atoms with Crippen LogP contribution in [0.1, 0.15) is 5.69 Å². The Morgan fingerprint density at radius 2 is 2.17 bits per heavy atom. The van der Waals surface area contributed by atoms with Crippen LogP contribution in [0.15, 0.2) is 24.4 Å². The zero-order chi connectivity index (χ0) is 12.5. The first-order valence-electron chi connectivity index (χ1n) is 5.85. The fourth-order valence-corrected chi connectivity index (χ4v) is 2.09. The maximum atomic E-state index is 5.38. The van der Waals surface area contributed by atoms with Gasteiger partial charge in [-0.25, -0.2) is 4.98 Å². The lowest BCUT2D eigenvalue weighted by atomic mass is 10.2. The van der Waals surface area contributed by atoms with Gasteiger partial charge < -0.3 is 19.4 Å². The standard InChI is InChI=1S/C13H15N3O2/c1-14-6-10-7-15-13(16(10)2)9-3-4-11-12(5-9)18-8-17-11/h3-5,7,14H,6,8H2,1-2H3. The first-order valence-corrected chi connectivity index (χ1v) is 5.85. The van der Waals surface area contributed by atoms with Gasteiger partial charge in [0.15, 0.2) is 11.5 Å². The van der Waals surface area contributed by atoms with Gasteiger partial charge in [0.25, 0.3) is 0 Å². The van der Waals surface area contributed by atoms with Gasteiger partial charge in [0.1, 0.15) is 5.82 Å². The van der Waals surface area contributed by atoms with Gasteiger partial charge in [-0.3, -0.25) is 0 Å². The Labute approximate surface area is 105 Å². The molecule has 0 saturated carbocycles. The second-order valence-electron chi connectivity index (χ2n) is 4.23. The molecule has 2 heterocycles. The Morgan fingerprint density at radius 3 is 3.00 bits per heavy atom. The molecule has 0 saturated heterocycles. The van der Waals surface area contributed by atoms with Gasteiger partial charge in [0, 0.05) is 19.2 Å². The molecular formula is C13H15N3O2. The van der Waals surface area contributed by atoms with Crippen molar-refractivity contribution in [2.45, 2.75) is 6.54 Å². The van der Waals surface area contributed by atoms with Gasteiger partial charge in [-0.1, -0.05) is 0 Å². The fraction of sp³-hybridized carbons (Fsp3) is 0.308. The SMILES string of the molecule is CNCc1cnc(-c2ccc3c(c2)OCO3)n1C. The molecule has 1 aliphatic rings. The Hall–Kier alpha value is -2.01. The first-order chi connectivity index (χ1) is 8.79. The number of benzene rings is 1. The van der Waals surface area contributed by atoms with Crippen molar-refractivity contribution >= 4 is 0 Å². The molecule has 0 unspecified atom stereocenters. The van der Waals surface area contributed by atoms with E-state index in [2.05, 4.69) is 14.9 Å². The average Bonchev–Trinajstić information content (AvgIpc) is 2.97. The van der Waals surface area contributed by atoms with Crippen molar-refractivity contribution < 1.29 is 9.47 Å². The van der Waals surface area contributed by atoms with E-state index in [4.69, 9.17) is 9.47 Å². The number of nitrogens with one attached hydrogen (secondary N) is 1. The largest absolute Gasteiger partial charge is 0.454 e. The molecule has 0 fully saturated rings. The van der Waals surface area contributed by atoms with Gasteiger partial charge in [-0.05, 0) is 25.2 Å². The number of hydrogen-bond acceptors (Lipinski definition) is 4. The van der Waals surface area contributed by atoms with E-state index in [0.29, 0.717) is 6.79 Å². The summed E-state index contributed by atoms with van der Waals surface area (Å²) in [7, 11) is 3.94. The molecule has 2 aromatic rings. The van der Waals surface area contributed by atoms with E-state index in [-0.39, 0.29) is 0 Å². The predicted octanol–water partition coefficient (Wildman–Crippen LogP) is 1.54. The zero-order valence-corrected chi connectivity index (χ0v) is 10.4. The van der Waals surface area contributed by atoms with Crippen molar-refractivity contribution in [1.29, 1.82) is 0 Å². The molecule has 94 valence electrons. The van der Waals surface area contributed by atoms with Crippen LogP contribution < -0.4 is 14.8 Å². The summed E-state index contributed by atoms with van der Waals surface area (Å²) < 4.78 is 12.8. The van der Waals surface area contributed by atoms with E-state index in [1.807, 2.05) is 38.5 Å². The van der Waals surface area contributed by atoms with Crippen LogP contribution >= 0.6 is 0 Å². The Bertz CT molecular complexity index is 578. The molecule has 1 aromatic carbocycles. The van der Waals surface area contributed by atoms with E-state index in [1.54, 1.807) is 0 Å². The van der Waals surface area contributed by atoms with Crippen LogP contribution in [0, 0.1) is 0 Å². The maximum Gasteiger partial charge on any atom is 0.231 e. The van der Waals surface area contributed by atoms with Crippen LogP contribution in [0.25, 0.3) is 11.4 Å². The van der Waals surface area contributed by atoms with E-state index in [0.717, 1.165) is 35.1 Å². The minimum Gasteiger partial charge on any atom is -0.454 e. The highest BCUT2D eigenvalue weighted by Crippen LogP contribution is 2.35. The molecule has 0 spiro atoms. The Kier molecular flexibility index (Phi) is 2.68. The van der Waals surface area contributed by atoms with E-state index >= 15 is 0 Å². The monoisotopic (exact) mass is 245 g/mol. The quantitative estimate of drug-likeness (QED) is 0.891. The van der Waals surface area contributed by atoms with Crippen molar-refractivity contribution in [3.8, 4) is 22.9 Å². The van der Waals surface area contributed by atoms with Crippen molar-refractivity contribution in [2.24, 2.45) is 7.05 Å². The fourth-order valence-electron chi connectivity index (χ4n) is 2.09. The third-order valence-electron chi connectivity index (χ3n) is 3.07. The molecule has 1 N–H and O–H groups in total. The average molecular weight is 245 g/mol. The van der Waals surface area contributed by atoms with E-state index < -0.39 is 0 Å². The van der Waals surface area contributed by atoms with Crippen molar-refractivity contribution in [3.63, 3.8) is 0 Å². The van der Waals surface area contributed by atoms with Gasteiger partial charge in [-0.2, -0.15) is 0 Å².